The number of nitrogens with zero attached hydrogens (tertiary/aromatic N) is 1. The van der Waals surface area contributed by atoms with Crippen LogP contribution in [0.25, 0.3) is 0 Å². The molecule has 86 valence electrons. The molecule has 0 aliphatic heterocycles. The Morgan fingerprint density at radius 1 is 1.25 bits per heavy atom. The van der Waals surface area contributed by atoms with E-state index < -0.39 is 18.2 Å². The van der Waals surface area contributed by atoms with Crippen molar-refractivity contribution in [2.45, 2.75) is 13.3 Å². The van der Waals surface area contributed by atoms with Crippen LogP contribution in [0.3, 0.4) is 0 Å². The molecule has 0 aliphatic rings. The summed E-state index contributed by atoms with van der Waals surface area (Å²) in [5, 5.41) is 10.1. The second-order valence-corrected chi connectivity index (χ2v) is 4.08. The lowest BCUT2D eigenvalue weighted by atomic mass is 10.1. The highest BCUT2D eigenvalue weighted by Crippen LogP contribution is 2.33. The van der Waals surface area contributed by atoms with Gasteiger partial charge in [-0.1, -0.05) is 34.8 Å². The lowest BCUT2D eigenvalue weighted by Gasteiger charge is -2.09. The molecule has 0 fully saturated rings. The standard InChI is InChI=1S/C9H6Cl3NO3/c1-3-6(4(14)2-5(15)16)7(10)8(11)9(12)13-3/h2H2,1H3,(H,15,16)/p-1. The summed E-state index contributed by atoms with van der Waals surface area (Å²) in [5.41, 5.74) is 0.186. The fraction of sp³-hybridized carbons (Fsp3) is 0.222. The Balaban J connectivity index is 3.29. The van der Waals surface area contributed by atoms with Crippen LogP contribution >= 0.6 is 34.8 Å². The molecule has 0 radical (unpaired) electrons. The van der Waals surface area contributed by atoms with Crippen LogP contribution in [0.5, 0.6) is 0 Å². The van der Waals surface area contributed by atoms with E-state index in [1.54, 1.807) is 0 Å². The quantitative estimate of drug-likeness (QED) is 0.480. The third-order valence-electron chi connectivity index (χ3n) is 1.80. The van der Waals surface area contributed by atoms with E-state index in [2.05, 4.69) is 4.98 Å². The molecule has 0 bridgehead atoms. The average molecular weight is 282 g/mol. The van der Waals surface area contributed by atoms with Crippen molar-refractivity contribution in [1.29, 1.82) is 0 Å². The van der Waals surface area contributed by atoms with E-state index >= 15 is 0 Å². The van der Waals surface area contributed by atoms with E-state index in [1.165, 1.54) is 6.92 Å². The lowest BCUT2D eigenvalue weighted by molar-refractivity contribution is -0.304. The third kappa shape index (κ3) is 2.64. The fourth-order valence-corrected chi connectivity index (χ4v) is 1.89. The smallest absolute Gasteiger partial charge is 0.171 e. The van der Waals surface area contributed by atoms with E-state index in [1.807, 2.05) is 0 Å². The molecule has 1 rings (SSSR count). The molecule has 1 aromatic heterocycles. The Morgan fingerprint density at radius 3 is 2.31 bits per heavy atom. The molecule has 0 unspecified atom stereocenters. The highest BCUT2D eigenvalue weighted by atomic mass is 35.5. The van der Waals surface area contributed by atoms with Crippen molar-refractivity contribution in [1.82, 2.24) is 4.98 Å². The van der Waals surface area contributed by atoms with Crippen molar-refractivity contribution in [2.24, 2.45) is 0 Å². The summed E-state index contributed by atoms with van der Waals surface area (Å²) in [6, 6.07) is 0. The lowest BCUT2D eigenvalue weighted by Crippen LogP contribution is -2.25. The summed E-state index contributed by atoms with van der Waals surface area (Å²) in [7, 11) is 0. The maximum atomic E-state index is 11.5. The molecule has 0 saturated heterocycles. The molecule has 0 atom stereocenters. The van der Waals surface area contributed by atoms with Crippen LogP contribution in [0.2, 0.25) is 15.2 Å². The van der Waals surface area contributed by atoms with Gasteiger partial charge in [0.2, 0.25) is 0 Å². The highest BCUT2D eigenvalue weighted by molar-refractivity contribution is 6.48. The summed E-state index contributed by atoms with van der Waals surface area (Å²) in [6.07, 6.45) is -0.778. The first-order valence-electron chi connectivity index (χ1n) is 4.08. The molecule has 7 heteroatoms. The van der Waals surface area contributed by atoms with Crippen molar-refractivity contribution in [2.75, 3.05) is 0 Å². The number of carbonyl (C=O) groups is 2. The number of pyridine rings is 1. The molecular formula is C9H5Cl3NO3-. The van der Waals surface area contributed by atoms with Gasteiger partial charge in [0.05, 0.1) is 27.7 Å². The monoisotopic (exact) mass is 280 g/mol. The second-order valence-electron chi connectivity index (χ2n) is 2.96. The summed E-state index contributed by atoms with van der Waals surface area (Å²) < 4.78 is 0. The summed E-state index contributed by atoms with van der Waals surface area (Å²) in [4.78, 5) is 25.6. The van der Waals surface area contributed by atoms with Gasteiger partial charge in [0, 0.05) is 5.97 Å². The van der Waals surface area contributed by atoms with Gasteiger partial charge in [-0.05, 0) is 6.92 Å². The SMILES string of the molecule is Cc1nc(Cl)c(Cl)c(Cl)c1C(=O)CC(=O)[O-]. The molecule has 4 nitrogen and oxygen atoms in total. The van der Waals surface area contributed by atoms with E-state index in [9.17, 15) is 14.7 Å². The van der Waals surface area contributed by atoms with Crippen LogP contribution in [0, 0.1) is 6.92 Å². The molecule has 16 heavy (non-hydrogen) atoms. The minimum Gasteiger partial charge on any atom is -0.550 e. The third-order valence-corrected chi connectivity index (χ3v) is 3.02. The fourth-order valence-electron chi connectivity index (χ4n) is 1.16. The van der Waals surface area contributed by atoms with E-state index in [0.717, 1.165) is 0 Å². The van der Waals surface area contributed by atoms with Gasteiger partial charge in [-0.25, -0.2) is 4.98 Å². The van der Waals surface area contributed by atoms with Crippen molar-refractivity contribution in [3.05, 3.63) is 26.5 Å². The predicted molar refractivity (Wildman–Crippen MR) is 58.0 cm³/mol. The largest absolute Gasteiger partial charge is 0.550 e. The number of Topliss-reactive ketones (excluding diaryl/α,β-unsaturated/α-hetero) is 1. The predicted octanol–water partition coefficient (Wildman–Crippen LogP) is 1.67. The molecule has 0 N–H and O–H groups in total. The molecule has 0 saturated carbocycles. The normalized spacial score (nSPS) is 10.2. The number of ketones is 1. The van der Waals surface area contributed by atoms with Crippen molar-refractivity contribution in [3.8, 4) is 0 Å². The van der Waals surface area contributed by atoms with Gasteiger partial charge in [-0.15, -0.1) is 0 Å². The Labute approximate surface area is 106 Å². The summed E-state index contributed by atoms with van der Waals surface area (Å²) in [5.74, 6) is -2.21. The van der Waals surface area contributed by atoms with Crippen molar-refractivity contribution in [3.63, 3.8) is 0 Å². The highest BCUT2D eigenvalue weighted by Gasteiger charge is 2.19. The first kappa shape index (κ1) is 13.2. The number of carbonyl (C=O) groups excluding carboxylic acids is 2. The molecule has 0 amide bonds. The maximum Gasteiger partial charge on any atom is 0.171 e. The Hall–Kier alpha value is -0.840. The number of aliphatic carboxylic acids is 1. The van der Waals surface area contributed by atoms with Crippen molar-refractivity contribution >= 4 is 46.6 Å². The van der Waals surface area contributed by atoms with Gasteiger partial charge in [-0.2, -0.15) is 0 Å². The number of aryl methyl sites for hydroxylation is 1. The van der Waals surface area contributed by atoms with Crippen LogP contribution in [-0.2, 0) is 4.79 Å². The summed E-state index contributed by atoms with van der Waals surface area (Å²) in [6.45, 7) is 1.48. The van der Waals surface area contributed by atoms with Gasteiger partial charge in [0.1, 0.15) is 5.15 Å². The Bertz CT molecular complexity index is 474. The molecule has 0 aliphatic carbocycles. The molecule has 1 heterocycles. The van der Waals surface area contributed by atoms with Gasteiger partial charge in [-0.3, -0.25) is 4.79 Å². The van der Waals surface area contributed by atoms with Crippen molar-refractivity contribution < 1.29 is 14.7 Å². The van der Waals surface area contributed by atoms with E-state index in [0.29, 0.717) is 0 Å². The maximum absolute atomic E-state index is 11.5. The number of carboxylic acid groups (broad SMARTS) is 1. The zero-order valence-electron chi connectivity index (χ0n) is 8.01. The van der Waals surface area contributed by atoms with Gasteiger partial charge in [0.15, 0.2) is 5.78 Å². The number of hydrogen-bond donors (Lipinski definition) is 0. The van der Waals surface area contributed by atoms with E-state index in [-0.39, 0.29) is 26.5 Å². The first-order chi connectivity index (χ1) is 7.34. The second kappa shape index (κ2) is 4.99. The van der Waals surface area contributed by atoms with Crippen LogP contribution < -0.4 is 5.11 Å². The minimum atomic E-state index is -1.49. The van der Waals surface area contributed by atoms with Crippen LogP contribution in [-0.4, -0.2) is 16.7 Å². The van der Waals surface area contributed by atoms with Gasteiger partial charge in [0.25, 0.3) is 0 Å². The zero-order chi connectivity index (χ0) is 12.5. The average Bonchev–Trinajstić information content (AvgIpc) is 2.13. The molecule has 0 spiro atoms. The Kier molecular flexibility index (Phi) is 4.13. The minimum absolute atomic E-state index is 0.0332. The molecule has 0 aromatic carbocycles. The van der Waals surface area contributed by atoms with Gasteiger partial charge < -0.3 is 9.90 Å². The van der Waals surface area contributed by atoms with E-state index in [4.69, 9.17) is 34.8 Å². The first-order valence-corrected chi connectivity index (χ1v) is 5.22. The number of aromatic nitrogens is 1. The summed E-state index contributed by atoms with van der Waals surface area (Å²) >= 11 is 17.1. The molecule has 1 aromatic rings. The van der Waals surface area contributed by atoms with Crippen LogP contribution in [0.1, 0.15) is 22.5 Å². The zero-order valence-corrected chi connectivity index (χ0v) is 10.3. The number of rotatable bonds is 3. The Morgan fingerprint density at radius 2 is 1.81 bits per heavy atom. The van der Waals surface area contributed by atoms with Gasteiger partial charge >= 0.3 is 0 Å². The number of halogens is 3. The van der Waals surface area contributed by atoms with Crippen LogP contribution in [0.4, 0.5) is 0 Å². The number of hydrogen-bond acceptors (Lipinski definition) is 4. The van der Waals surface area contributed by atoms with Crippen LogP contribution in [0.15, 0.2) is 0 Å². The number of carboxylic acids is 1. The topological polar surface area (TPSA) is 70.1 Å². The molecular weight excluding hydrogens is 276 g/mol.